The lowest BCUT2D eigenvalue weighted by molar-refractivity contribution is -0.132. The second kappa shape index (κ2) is 10.8. The average molecular weight is 501 g/mol. The first-order valence-electron chi connectivity index (χ1n) is 12.3. The van der Waals surface area contributed by atoms with Crippen LogP contribution in [0.3, 0.4) is 0 Å². The number of amides is 1. The Morgan fingerprint density at radius 1 is 0.946 bits per heavy atom. The number of nitrogens with zero attached hydrogens (tertiary/aromatic N) is 2. The van der Waals surface area contributed by atoms with Crippen molar-refractivity contribution in [2.24, 2.45) is 0 Å². The normalized spacial score (nSPS) is 16.7. The Balaban J connectivity index is 1.94. The largest absolute Gasteiger partial charge is 0.507 e. The number of ketones is 1. The van der Waals surface area contributed by atoms with Crippen molar-refractivity contribution in [1.29, 1.82) is 0 Å². The number of carbonyl (C=O) groups is 2. The molecule has 1 saturated heterocycles. The van der Waals surface area contributed by atoms with Crippen LogP contribution in [0.4, 0.5) is 11.4 Å². The van der Waals surface area contributed by atoms with E-state index in [9.17, 15) is 14.7 Å². The van der Waals surface area contributed by atoms with Gasteiger partial charge in [0.2, 0.25) is 0 Å². The Morgan fingerprint density at radius 2 is 1.62 bits per heavy atom. The van der Waals surface area contributed by atoms with Gasteiger partial charge in [-0.2, -0.15) is 0 Å². The van der Waals surface area contributed by atoms with Crippen molar-refractivity contribution in [3.8, 4) is 11.5 Å². The summed E-state index contributed by atoms with van der Waals surface area (Å²) in [5.41, 5.74) is 3.40. The second-order valence-corrected chi connectivity index (χ2v) is 8.79. The first kappa shape index (κ1) is 25.8. The molecule has 3 aromatic rings. The first-order chi connectivity index (χ1) is 17.9. The van der Waals surface area contributed by atoms with E-state index in [1.54, 1.807) is 49.6 Å². The maximum Gasteiger partial charge on any atom is 0.300 e. The van der Waals surface area contributed by atoms with E-state index in [2.05, 4.69) is 18.7 Å². The number of anilines is 2. The summed E-state index contributed by atoms with van der Waals surface area (Å²) in [5.74, 6) is -0.623. The fraction of sp³-hybridized carbons (Fsp3) is 0.267. The van der Waals surface area contributed by atoms with Gasteiger partial charge in [-0.1, -0.05) is 24.3 Å². The van der Waals surface area contributed by atoms with E-state index < -0.39 is 17.7 Å². The van der Waals surface area contributed by atoms with Crippen LogP contribution in [0.1, 0.15) is 36.6 Å². The molecule has 1 N–H and O–H groups in total. The van der Waals surface area contributed by atoms with Gasteiger partial charge in [0.1, 0.15) is 17.3 Å². The minimum Gasteiger partial charge on any atom is -0.507 e. The zero-order valence-corrected chi connectivity index (χ0v) is 21.8. The average Bonchev–Trinajstić information content (AvgIpc) is 3.19. The smallest absolute Gasteiger partial charge is 0.300 e. The standard InChI is InChI=1S/C30H32N2O5/c1-6-31(7-2)21-14-12-20(13-15-21)27-26(28(33)23-17-16-22(36-4)18-19(23)3)29(34)30(35)32(27)24-10-8-9-11-25(24)37-5/h8-18,27,33H,6-7H2,1-5H3/b28-26-. The number of aliphatic hydroxyl groups is 1. The van der Waals surface area contributed by atoms with Gasteiger partial charge in [-0.15, -0.1) is 0 Å². The molecule has 1 fully saturated rings. The molecule has 0 bridgehead atoms. The fourth-order valence-corrected chi connectivity index (χ4v) is 4.86. The molecular formula is C30H32N2O5. The van der Waals surface area contributed by atoms with Gasteiger partial charge in [-0.3, -0.25) is 14.5 Å². The molecular weight excluding hydrogens is 468 g/mol. The number of aryl methyl sites for hydroxylation is 1. The summed E-state index contributed by atoms with van der Waals surface area (Å²) in [6.07, 6.45) is 0. The third-order valence-corrected chi connectivity index (χ3v) is 6.82. The van der Waals surface area contributed by atoms with E-state index in [0.29, 0.717) is 28.3 Å². The van der Waals surface area contributed by atoms with Crippen molar-refractivity contribution < 1.29 is 24.2 Å². The van der Waals surface area contributed by atoms with Gasteiger partial charge < -0.3 is 19.5 Å². The number of para-hydroxylation sites is 2. The molecule has 7 heteroatoms. The number of benzene rings is 3. The molecule has 1 amide bonds. The van der Waals surface area contributed by atoms with E-state index >= 15 is 0 Å². The van der Waals surface area contributed by atoms with Crippen LogP contribution in [0.25, 0.3) is 5.76 Å². The zero-order valence-electron chi connectivity index (χ0n) is 21.8. The predicted molar refractivity (Wildman–Crippen MR) is 146 cm³/mol. The lowest BCUT2D eigenvalue weighted by Crippen LogP contribution is -2.30. The number of methoxy groups -OCH3 is 2. The molecule has 1 aliphatic rings. The van der Waals surface area contributed by atoms with Gasteiger partial charge in [0.25, 0.3) is 11.7 Å². The number of carbonyl (C=O) groups excluding carboxylic acids is 2. The van der Waals surface area contributed by atoms with E-state index in [4.69, 9.17) is 9.47 Å². The SMILES string of the molecule is CCN(CC)c1ccc(C2/C(=C(/O)c3ccc(OC)cc3C)C(=O)C(=O)N2c2ccccc2OC)cc1. The van der Waals surface area contributed by atoms with Crippen molar-refractivity contribution in [2.75, 3.05) is 37.1 Å². The molecule has 0 aromatic heterocycles. The molecule has 0 saturated carbocycles. The first-order valence-corrected chi connectivity index (χ1v) is 12.3. The van der Waals surface area contributed by atoms with Crippen LogP contribution in [0.2, 0.25) is 0 Å². The molecule has 4 rings (SSSR count). The number of hydrogen-bond acceptors (Lipinski definition) is 6. The Hall–Kier alpha value is -4.26. The van der Waals surface area contributed by atoms with E-state index in [0.717, 1.165) is 24.3 Å². The van der Waals surface area contributed by atoms with Crippen LogP contribution >= 0.6 is 0 Å². The summed E-state index contributed by atoms with van der Waals surface area (Å²) < 4.78 is 10.8. The summed E-state index contributed by atoms with van der Waals surface area (Å²) in [6.45, 7) is 7.71. The summed E-state index contributed by atoms with van der Waals surface area (Å²) in [5, 5.41) is 11.5. The molecule has 0 spiro atoms. The molecule has 7 nitrogen and oxygen atoms in total. The quantitative estimate of drug-likeness (QED) is 0.251. The highest BCUT2D eigenvalue weighted by molar-refractivity contribution is 6.52. The monoisotopic (exact) mass is 500 g/mol. The van der Waals surface area contributed by atoms with Crippen LogP contribution in [0.5, 0.6) is 11.5 Å². The molecule has 37 heavy (non-hydrogen) atoms. The molecule has 1 atom stereocenters. The Kier molecular flexibility index (Phi) is 7.53. The minimum absolute atomic E-state index is 0.0276. The van der Waals surface area contributed by atoms with Crippen LogP contribution in [-0.2, 0) is 9.59 Å². The van der Waals surface area contributed by atoms with Crippen molar-refractivity contribution in [1.82, 2.24) is 0 Å². The van der Waals surface area contributed by atoms with Gasteiger partial charge in [0.15, 0.2) is 0 Å². The summed E-state index contributed by atoms with van der Waals surface area (Å²) in [6, 6.07) is 19.2. The number of ether oxygens (including phenoxy) is 2. The minimum atomic E-state index is -0.844. The van der Waals surface area contributed by atoms with Crippen molar-refractivity contribution in [3.05, 3.63) is 89.0 Å². The van der Waals surface area contributed by atoms with Crippen molar-refractivity contribution in [3.63, 3.8) is 0 Å². The molecule has 0 aliphatic carbocycles. The highest BCUT2D eigenvalue weighted by atomic mass is 16.5. The highest BCUT2D eigenvalue weighted by Gasteiger charge is 2.47. The number of hydrogen-bond donors (Lipinski definition) is 1. The predicted octanol–water partition coefficient (Wildman–Crippen LogP) is 5.48. The molecule has 1 aliphatic heterocycles. The third-order valence-electron chi connectivity index (χ3n) is 6.82. The maximum atomic E-state index is 13.5. The molecule has 1 unspecified atom stereocenters. The Morgan fingerprint density at radius 3 is 2.22 bits per heavy atom. The summed E-state index contributed by atoms with van der Waals surface area (Å²) >= 11 is 0. The summed E-state index contributed by atoms with van der Waals surface area (Å²) in [7, 11) is 3.08. The van der Waals surface area contributed by atoms with E-state index in [1.165, 1.54) is 12.0 Å². The Bertz CT molecular complexity index is 1340. The van der Waals surface area contributed by atoms with Crippen molar-refractivity contribution >= 4 is 28.8 Å². The van der Waals surface area contributed by atoms with Crippen LogP contribution in [0, 0.1) is 6.92 Å². The van der Waals surface area contributed by atoms with Gasteiger partial charge in [0, 0.05) is 24.3 Å². The molecule has 3 aromatic carbocycles. The van der Waals surface area contributed by atoms with Crippen molar-refractivity contribution in [2.45, 2.75) is 26.8 Å². The zero-order chi connectivity index (χ0) is 26.7. The molecule has 192 valence electrons. The van der Waals surface area contributed by atoms with Gasteiger partial charge >= 0.3 is 0 Å². The van der Waals surface area contributed by atoms with Crippen LogP contribution < -0.4 is 19.3 Å². The second-order valence-electron chi connectivity index (χ2n) is 8.79. The van der Waals surface area contributed by atoms with E-state index in [1.807, 2.05) is 31.2 Å². The molecule has 0 radical (unpaired) electrons. The Labute approximate surface area is 217 Å². The highest BCUT2D eigenvalue weighted by Crippen LogP contribution is 2.45. The van der Waals surface area contributed by atoms with Crippen LogP contribution in [-0.4, -0.2) is 44.1 Å². The molecule has 1 heterocycles. The number of rotatable bonds is 8. The topological polar surface area (TPSA) is 79.3 Å². The maximum absolute atomic E-state index is 13.5. The van der Waals surface area contributed by atoms with Gasteiger partial charge in [0.05, 0.1) is 31.5 Å². The lowest BCUT2D eigenvalue weighted by atomic mass is 9.93. The van der Waals surface area contributed by atoms with E-state index in [-0.39, 0.29) is 11.3 Å². The fourth-order valence-electron chi connectivity index (χ4n) is 4.86. The number of aliphatic hydroxyl groups excluding tert-OH is 1. The third kappa shape index (κ3) is 4.65. The van der Waals surface area contributed by atoms with Gasteiger partial charge in [-0.05, 0) is 74.4 Å². The van der Waals surface area contributed by atoms with Crippen LogP contribution in [0.15, 0.2) is 72.3 Å². The lowest BCUT2D eigenvalue weighted by Gasteiger charge is -2.27. The summed E-state index contributed by atoms with van der Waals surface area (Å²) in [4.78, 5) is 30.6. The number of Topliss-reactive ketones (excluding diaryl/α,β-unsaturated/α-hetero) is 1. The van der Waals surface area contributed by atoms with Gasteiger partial charge in [-0.25, -0.2) is 0 Å².